The number of amides is 1. The molecule has 1 aromatic heterocycles. The Morgan fingerprint density at radius 1 is 1.22 bits per heavy atom. The van der Waals surface area contributed by atoms with Crippen molar-refractivity contribution >= 4 is 45.4 Å². The van der Waals surface area contributed by atoms with Crippen LogP contribution in [-0.4, -0.2) is 21.4 Å². The van der Waals surface area contributed by atoms with Crippen molar-refractivity contribution < 1.29 is 4.79 Å². The van der Waals surface area contributed by atoms with Gasteiger partial charge in [-0.1, -0.05) is 30.0 Å². The Bertz CT molecular complexity index is 749. The topological polar surface area (TPSA) is 53.8 Å². The molecule has 1 amide bonds. The SMILES string of the molecule is CC(C)(SC1=NN=C(c2ccsc2)C1)C(=O)Nc1ccccc1. The van der Waals surface area contributed by atoms with Gasteiger partial charge in [-0.25, -0.2) is 0 Å². The number of hydrogen-bond donors (Lipinski definition) is 1. The minimum atomic E-state index is -0.617. The zero-order valence-electron chi connectivity index (χ0n) is 12.9. The summed E-state index contributed by atoms with van der Waals surface area (Å²) in [6.45, 7) is 3.81. The predicted molar refractivity (Wildman–Crippen MR) is 99.6 cm³/mol. The summed E-state index contributed by atoms with van der Waals surface area (Å²) in [4.78, 5) is 12.5. The van der Waals surface area contributed by atoms with E-state index in [0.29, 0.717) is 6.42 Å². The van der Waals surface area contributed by atoms with E-state index in [-0.39, 0.29) is 5.91 Å². The number of nitrogens with zero attached hydrogens (tertiary/aromatic N) is 2. The van der Waals surface area contributed by atoms with E-state index in [2.05, 4.69) is 20.9 Å². The number of carbonyl (C=O) groups excluding carboxylic acids is 1. The van der Waals surface area contributed by atoms with Gasteiger partial charge >= 0.3 is 0 Å². The third-order valence-electron chi connectivity index (χ3n) is 3.41. The van der Waals surface area contributed by atoms with Crippen molar-refractivity contribution in [2.75, 3.05) is 5.32 Å². The number of benzene rings is 1. The number of para-hydroxylation sites is 1. The van der Waals surface area contributed by atoms with E-state index in [1.807, 2.05) is 55.6 Å². The predicted octanol–water partition coefficient (Wildman–Crippen LogP) is 4.40. The van der Waals surface area contributed by atoms with Gasteiger partial charge in [0, 0.05) is 17.7 Å². The fraction of sp³-hybridized carbons (Fsp3) is 0.235. The van der Waals surface area contributed by atoms with Crippen LogP contribution in [0.2, 0.25) is 0 Å². The Morgan fingerprint density at radius 2 is 2.00 bits per heavy atom. The van der Waals surface area contributed by atoms with Crippen molar-refractivity contribution in [1.29, 1.82) is 0 Å². The van der Waals surface area contributed by atoms with E-state index in [9.17, 15) is 4.79 Å². The Balaban J connectivity index is 1.60. The van der Waals surface area contributed by atoms with Gasteiger partial charge in [0.2, 0.25) is 5.91 Å². The van der Waals surface area contributed by atoms with E-state index in [1.54, 1.807) is 11.3 Å². The first-order chi connectivity index (χ1) is 11.0. The molecule has 1 aliphatic heterocycles. The van der Waals surface area contributed by atoms with Gasteiger partial charge in [-0.2, -0.15) is 16.4 Å². The van der Waals surface area contributed by atoms with Crippen molar-refractivity contribution in [2.45, 2.75) is 25.0 Å². The first-order valence-electron chi connectivity index (χ1n) is 7.26. The third-order valence-corrected chi connectivity index (χ3v) is 5.25. The summed E-state index contributed by atoms with van der Waals surface area (Å²) >= 11 is 3.11. The third kappa shape index (κ3) is 3.89. The van der Waals surface area contributed by atoms with Gasteiger partial charge in [0.1, 0.15) is 5.04 Å². The molecule has 118 valence electrons. The molecule has 4 nitrogen and oxygen atoms in total. The highest BCUT2D eigenvalue weighted by Crippen LogP contribution is 2.31. The average Bonchev–Trinajstić information content (AvgIpc) is 3.18. The van der Waals surface area contributed by atoms with Crippen LogP contribution in [-0.2, 0) is 4.79 Å². The largest absolute Gasteiger partial charge is 0.325 e. The van der Waals surface area contributed by atoms with E-state index in [1.165, 1.54) is 11.8 Å². The van der Waals surface area contributed by atoms with Crippen LogP contribution in [0.25, 0.3) is 0 Å². The maximum atomic E-state index is 12.5. The van der Waals surface area contributed by atoms with Crippen LogP contribution >= 0.6 is 23.1 Å². The minimum Gasteiger partial charge on any atom is -0.325 e. The van der Waals surface area contributed by atoms with Crippen molar-refractivity contribution in [3.8, 4) is 0 Å². The molecule has 2 aromatic rings. The molecular formula is C17H17N3OS2. The minimum absolute atomic E-state index is 0.0413. The van der Waals surface area contributed by atoms with Crippen LogP contribution in [0.15, 0.2) is 57.4 Å². The van der Waals surface area contributed by atoms with Crippen molar-refractivity contribution in [1.82, 2.24) is 0 Å². The van der Waals surface area contributed by atoms with Crippen LogP contribution in [0.5, 0.6) is 0 Å². The molecule has 1 aliphatic rings. The number of thioether (sulfide) groups is 1. The van der Waals surface area contributed by atoms with Crippen molar-refractivity contribution in [3.05, 3.63) is 52.7 Å². The zero-order valence-corrected chi connectivity index (χ0v) is 14.6. The lowest BCUT2D eigenvalue weighted by Gasteiger charge is -2.22. The molecule has 1 aromatic carbocycles. The Kier molecular flexibility index (Phi) is 4.63. The molecule has 0 saturated heterocycles. The number of carbonyl (C=O) groups is 1. The fourth-order valence-electron chi connectivity index (χ4n) is 2.12. The molecule has 2 heterocycles. The molecule has 23 heavy (non-hydrogen) atoms. The molecular weight excluding hydrogens is 326 g/mol. The molecule has 1 N–H and O–H groups in total. The molecule has 0 bridgehead atoms. The maximum Gasteiger partial charge on any atom is 0.240 e. The Labute approximate surface area is 143 Å². The number of thiophene rings is 1. The molecule has 0 saturated carbocycles. The van der Waals surface area contributed by atoms with E-state index in [0.717, 1.165) is 22.0 Å². The fourth-order valence-corrected chi connectivity index (χ4v) is 3.81. The summed E-state index contributed by atoms with van der Waals surface area (Å²) in [7, 11) is 0. The monoisotopic (exact) mass is 343 g/mol. The lowest BCUT2D eigenvalue weighted by atomic mass is 10.2. The first-order valence-corrected chi connectivity index (χ1v) is 9.02. The number of nitrogens with one attached hydrogen (secondary N) is 1. The zero-order chi connectivity index (χ0) is 16.3. The number of rotatable bonds is 4. The smallest absolute Gasteiger partial charge is 0.240 e. The van der Waals surface area contributed by atoms with E-state index in [4.69, 9.17) is 0 Å². The molecule has 6 heteroatoms. The quantitative estimate of drug-likeness (QED) is 0.894. The van der Waals surface area contributed by atoms with Gasteiger partial charge in [-0.15, -0.1) is 5.10 Å². The first kappa shape index (κ1) is 16.0. The molecule has 3 rings (SSSR count). The summed E-state index contributed by atoms with van der Waals surface area (Å²) in [5.74, 6) is -0.0413. The average molecular weight is 343 g/mol. The normalized spacial score (nSPS) is 14.3. The molecule has 0 radical (unpaired) electrons. The van der Waals surface area contributed by atoms with Crippen LogP contribution in [0.4, 0.5) is 5.69 Å². The van der Waals surface area contributed by atoms with Crippen molar-refractivity contribution in [3.63, 3.8) is 0 Å². The highest BCUT2D eigenvalue weighted by molar-refractivity contribution is 8.15. The highest BCUT2D eigenvalue weighted by atomic mass is 32.2. The van der Waals surface area contributed by atoms with E-state index < -0.39 is 4.75 Å². The number of hydrogen-bond acceptors (Lipinski definition) is 5. The van der Waals surface area contributed by atoms with Gasteiger partial charge in [0.05, 0.1) is 10.5 Å². The van der Waals surface area contributed by atoms with Crippen LogP contribution in [0.3, 0.4) is 0 Å². The molecule has 0 atom stereocenters. The van der Waals surface area contributed by atoms with Crippen LogP contribution in [0.1, 0.15) is 25.8 Å². The molecule has 0 unspecified atom stereocenters. The van der Waals surface area contributed by atoms with Gasteiger partial charge in [0.25, 0.3) is 0 Å². The van der Waals surface area contributed by atoms with Gasteiger partial charge in [-0.05, 0) is 42.8 Å². The highest BCUT2D eigenvalue weighted by Gasteiger charge is 2.32. The second kappa shape index (κ2) is 6.68. The van der Waals surface area contributed by atoms with Crippen LogP contribution < -0.4 is 5.32 Å². The molecule has 0 fully saturated rings. The summed E-state index contributed by atoms with van der Waals surface area (Å²) in [6.07, 6.45) is 0.684. The lowest BCUT2D eigenvalue weighted by molar-refractivity contribution is -0.117. The molecule has 0 aliphatic carbocycles. The number of anilines is 1. The van der Waals surface area contributed by atoms with Gasteiger partial charge in [0.15, 0.2) is 0 Å². The Morgan fingerprint density at radius 3 is 2.70 bits per heavy atom. The second-order valence-electron chi connectivity index (χ2n) is 5.66. The summed E-state index contributed by atoms with van der Waals surface area (Å²) in [5.41, 5.74) is 2.88. The maximum absolute atomic E-state index is 12.5. The van der Waals surface area contributed by atoms with E-state index >= 15 is 0 Å². The standard InChI is InChI=1S/C17H17N3OS2/c1-17(2,16(21)18-13-6-4-3-5-7-13)23-15-10-14(19-20-15)12-8-9-22-11-12/h3-9,11H,10H2,1-2H3,(H,18,21). The summed E-state index contributed by atoms with van der Waals surface area (Å²) in [5, 5.41) is 16.4. The van der Waals surface area contributed by atoms with Crippen molar-refractivity contribution in [2.24, 2.45) is 10.2 Å². The summed E-state index contributed by atoms with van der Waals surface area (Å²) < 4.78 is -0.617. The Hall–Kier alpha value is -1.92. The second-order valence-corrected chi connectivity index (χ2v) is 8.14. The van der Waals surface area contributed by atoms with Crippen LogP contribution in [0, 0.1) is 0 Å². The van der Waals surface area contributed by atoms with Gasteiger partial charge < -0.3 is 5.32 Å². The summed E-state index contributed by atoms with van der Waals surface area (Å²) in [6, 6.07) is 11.5. The van der Waals surface area contributed by atoms with Gasteiger partial charge in [-0.3, -0.25) is 4.79 Å². The lowest BCUT2D eigenvalue weighted by Crippen LogP contribution is -2.35. The molecule has 0 spiro atoms.